The molecule has 2 rings (SSSR count). The van der Waals surface area contributed by atoms with Crippen molar-refractivity contribution < 1.29 is 18.3 Å². The Morgan fingerprint density at radius 1 is 1.19 bits per heavy atom. The predicted molar refractivity (Wildman–Crippen MR) is 80.9 cm³/mol. The number of aliphatic hydroxyl groups is 1. The molecular weight excluding hydrogens is 290 g/mol. The Kier molecular flexibility index (Phi) is 4.50. The smallest absolute Gasteiger partial charge is 0.262 e. The summed E-state index contributed by atoms with van der Waals surface area (Å²) in [5, 5.41) is 9.28. The molecule has 2 aromatic rings. The van der Waals surface area contributed by atoms with Crippen LogP contribution in [0.1, 0.15) is 11.1 Å². The van der Waals surface area contributed by atoms with E-state index in [4.69, 9.17) is 4.74 Å². The van der Waals surface area contributed by atoms with Gasteiger partial charge in [0.25, 0.3) is 10.0 Å². The van der Waals surface area contributed by atoms with Gasteiger partial charge in [-0.2, -0.15) is 0 Å². The molecule has 0 atom stereocenters. The van der Waals surface area contributed by atoms with Gasteiger partial charge in [-0.15, -0.1) is 0 Å². The molecule has 0 heterocycles. The molecule has 0 aliphatic heterocycles. The van der Waals surface area contributed by atoms with Gasteiger partial charge in [-0.3, -0.25) is 4.72 Å². The lowest BCUT2D eigenvalue weighted by atomic mass is 10.2. The van der Waals surface area contributed by atoms with Crippen molar-refractivity contribution in [2.24, 2.45) is 0 Å². The molecule has 0 spiro atoms. The summed E-state index contributed by atoms with van der Waals surface area (Å²) < 4.78 is 32.6. The van der Waals surface area contributed by atoms with Gasteiger partial charge in [0.15, 0.2) is 0 Å². The largest absolute Gasteiger partial charge is 0.495 e. The topological polar surface area (TPSA) is 75.6 Å². The van der Waals surface area contributed by atoms with Gasteiger partial charge in [0.2, 0.25) is 0 Å². The molecule has 21 heavy (non-hydrogen) atoms. The van der Waals surface area contributed by atoms with Crippen LogP contribution in [0.3, 0.4) is 0 Å². The Bertz CT molecular complexity index is 741. The number of hydrogen-bond acceptors (Lipinski definition) is 4. The monoisotopic (exact) mass is 307 g/mol. The maximum Gasteiger partial charge on any atom is 0.262 e. The number of anilines is 1. The van der Waals surface area contributed by atoms with E-state index < -0.39 is 10.0 Å². The second kappa shape index (κ2) is 6.15. The van der Waals surface area contributed by atoms with E-state index in [1.807, 2.05) is 13.0 Å². The number of nitrogens with one attached hydrogen (secondary N) is 1. The molecule has 2 N–H and O–H groups in total. The highest BCUT2D eigenvalue weighted by atomic mass is 32.2. The number of aliphatic hydroxyl groups excluding tert-OH is 1. The van der Waals surface area contributed by atoms with Crippen molar-refractivity contribution >= 4 is 15.7 Å². The maximum atomic E-state index is 12.5. The van der Waals surface area contributed by atoms with Crippen LogP contribution in [0.5, 0.6) is 5.75 Å². The Balaban J connectivity index is 2.45. The SMILES string of the molecule is COc1ccc(C)cc1NS(=O)(=O)c1ccccc1CO. The van der Waals surface area contributed by atoms with Crippen LogP contribution in [0.15, 0.2) is 47.4 Å². The molecule has 0 saturated heterocycles. The second-order valence-corrected chi connectivity index (χ2v) is 6.23. The molecule has 0 aromatic heterocycles. The molecule has 0 radical (unpaired) electrons. The molecular formula is C15H17NO4S. The average Bonchev–Trinajstić information content (AvgIpc) is 2.47. The van der Waals surface area contributed by atoms with Crippen molar-refractivity contribution in [2.75, 3.05) is 11.8 Å². The second-order valence-electron chi connectivity index (χ2n) is 4.58. The van der Waals surface area contributed by atoms with E-state index in [0.717, 1.165) is 5.56 Å². The summed E-state index contributed by atoms with van der Waals surface area (Å²) in [6.45, 7) is 1.51. The van der Waals surface area contributed by atoms with E-state index in [-0.39, 0.29) is 11.5 Å². The first kappa shape index (κ1) is 15.3. The minimum absolute atomic E-state index is 0.0519. The van der Waals surface area contributed by atoms with Gasteiger partial charge in [0.1, 0.15) is 5.75 Å². The van der Waals surface area contributed by atoms with Crippen LogP contribution in [-0.2, 0) is 16.6 Å². The van der Waals surface area contributed by atoms with Crippen LogP contribution < -0.4 is 9.46 Å². The van der Waals surface area contributed by atoms with Crippen LogP contribution >= 0.6 is 0 Å². The molecule has 5 nitrogen and oxygen atoms in total. The van der Waals surface area contributed by atoms with Crippen molar-refractivity contribution in [3.05, 3.63) is 53.6 Å². The van der Waals surface area contributed by atoms with Gasteiger partial charge in [-0.25, -0.2) is 8.42 Å². The van der Waals surface area contributed by atoms with E-state index in [0.29, 0.717) is 17.0 Å². The zero-order valence-corrected chi connectivity index (χ0v) is 12.6. The van der Waals surface area contributed by atoms with Gasteiger partial charge in [-0.05, 0) is 36.2 Å². The minimum atomic E-state index is -3.80. The molecule has 0 unspecified atom stereocenters. The van der Waals surface area contributed by atoms with Crippen LogP contribution in [0.2, 0.25) is 0 Å². The molecule has 0 aliphatic rings. The van der Waals surface area contributed by atoms with E-state index in [2.05, 4.69) is 4.72 Å². The number of sulfonamides is 1. The third-order valence-electron chi connectivity index (χ3n) is 3.03. The van der Waals surface area contributed by atoms with Crippen molar-refractivity contribution in [2.45, 2.75) is 18.4 Å². The zero-order chi connectivity index (χ0) is 15.5. The van der Waals surface area contributed by atoms with E-state index in [1.165, 1.54) is 13.2 Å². The van der Waals surface area contributed by atoms with Gasteiger partial charge in [-0.1, -0.05) is 24.3 Å². The van der Waals surface area contributed by atoms with E-state index >= 15 is 0 Å². The number of ether oxygens (including phenoxy) is 1. The van der Waals surface area contributed by atoms with Crippen molar-refractivity contribution in [1.29, 1.82) is 0 Å². The number of methoxy groups -OCH3 is 1. The van der Waals surface area contributed by atoms with Crippen molar-refractivity contribution in [3.8, 4) is 5.75 Å². The highest BCUT2D eigenvalue weighted by Gasteiger charge is 2.19. The third-order valence-corrected chi connectivity index (χ3v) is 4.50. The molecule has 0 bridgehead atoms. The molecule has 2 aromatic carbocycles. The van der Waals surface area contributed by atoms with Crippen molar-refractivity contribution in [3.63, 3.8) is 0 Å². The first-order valence-corrected chi connectivity index (χ1v) is 7.82. The fourth-order valence-corrected chi connectivity index (χ4v) is 3.29. The third kappa shape index (κ3) is 3.34. The number of aryl methyl sites for hydroxylation is 1. The van der Waals surface area contributed by atoms with Gasteiger partial charge < -0.3 is 9.84 Å². The normalized spacial score (nSPS) is 11.2. The summed E-state index contributed by atoms with van der Waals surface area (Å²) in [6, 6.07) is 11.5. The summed E-state index contributed by atoms with van der Waals surface area (Å²) in [6.07, 6.45) is 0. The molecule has 0 aliphatic carbocycles. The number of hydrogen-bond donors (Lipinski definition) is 2. The Hall–Kier alpha value is -2.05. The zero-order valence-electron chi connectivity index (χ0n) is 11.8. The van der Waals surface area contributed by atoms with Gasteiger partial charge in [0.05, 0.1) is 24.3 Å². The average molecular weight is 307 g/mol. The molecule has 6 heteroatoms. The lowest BCUT2D eigenvalue weighted by Gasteiger charge is -2.14. The first-order valence-electron chi connectivity index (χ1n) is 6.34. The highest BCUT2D eigenvalue weighted by molar-refractivity contribution is 7.92. The van der Waals surface area contributed by atoms with Crippen LogP contribution in [0.4, 0.5) is 5.69 Å². The standard InChI is InChI=1S/C15H17NO4S/c1-11-7-8-14(20-2)13(9-11)16-21(18,19)15-6-4-3-5-12(15)10-17/h3-9,16-17H,10H2,1-2H3. The Labute approximate surface area is 124 Å². The Morgan fingerprint density at radius 3 is 2.57 bits per heavy atom. The van der Waals surface area contributed by atoms with E-state index in [9.17, 15) is 13.5 Å². The Morgan fingerprint density at radius 2 is 1.90 bits per heavy atom. The van der Waals surface area contributed by atoms with Gasteiger partial charge >= 0.3 is 0 Å². The predicted octanol–water partition coefficient (Wildman–Crippen LogP) is 2.30. The van der Waals surface area contributed by atoms with Gasteiger partial charge in [0, 0.05) is 0 Å². The summed E-state index contributed by atoms with van der Waals surface area (Å²) in [5.74, 6) is 0.436. The molecule has 0 amide bonds. The lowest BCUT2D eigenvalue weighted by Crippen LogP contribution is -2.15. The molecule has 0 saturated carbocycles. The minimum Gasteiger partial charge on any atom is -0.495 e. The summed E-state index contributed by atoms with van der Waals surface area (Å²) in [4.78, 5) is 0.0519. The van der Waals surface area contributed by atoms with Crippen molar-refractivity contribution in [1.82, 2.24) is 0 Å². The van der Waals surface area contributed by atoms with Crippen LogP contribution in [-0.4, -0.2) is 20.6 Å². The first-order chi connectivity index (χ1) is 9.97. The van der Waals surface area contributed by atoms with E-state index in [1.54, 1.807) is 30.3 Å². The van der Waals surface area contributed by atoms with Crippen LogP contribution in [0.25, 0.3) is 0 Å². The highest BCUT2D eigenvalue weighted by Crippen LogP contribution is 2.28. The number of benzene rings is 2. The summed E-state index contributed by atoms with van der Waals surface area (Å²) >= 11 is 0. The number of rotatable bonds is 5. The molecule has 112 valence electrons. The summed E-state index contributed by atoms with van der Waals surface area (Å²) in [7, 11) is -2.32. The molecule has 0 fully saturated rings. The maximum absolute atomic E-state index is 12.5. The quantitative estimate of drug-likeness (QED) is 0.888. The van der Waals surface area contributed by atoms with Crippen LogP contribution in [0, 0.1) is 6.92 Å². The lowest BCUT2D eigenvalue weighted by molar-refractivity contribution is 0.278. The summed E-state index contributed by atoms with van der Waals surface area (Å²) in [5.41, 5.74) is 1.62. The fourth-order valence-electron chi connectivity index (χ4n) is 2.00. The fraction of sp³-hybridized carbons (Fsp3) is 0.200.